The van der Waals surface area contributed by atoms with Crippen LogP contribution in [0.1, 0.15) is 26.3 Å². The molecule has 0 aromatic heterocycles. The molecule has 1 heterocycles. The molecule has 1 aliphatic heterocycles. The van der Waals surface area contributed by atoms with Crippen LogP contribution >= 0.6 is 0 Å². The third kappa shape index (κ3) is 4.93. The second-order valence-electron chi connectivity index (χ2n) is 7.45. The Hall–Kier alpha value is -3.44. The standard InChI is InChI=1S/C25H25N3O2/c29-24(26-23-9-5-2-6-10-23)21-13-11-20(12-14-21)19-27-15-17-28(18-16-27)25(30)22-7-3-1-4-8-22/h1-14H,15-19H2,(H,26,29). The Bertz CT molecular complexity index is 980. The van der Waals surface area contributed by atoms with E-state index in [2.05, 4.69) is 10.2 Å². The van der Waals surface area contributed by atoms with Gasteiger partial charge in [-0.3, -0.25) is 14.5 Å². The summed E-state index contributed by atoms with van der Waals surface area (Å²) in [5.74, 6) is -0.00943. The monoisotopic (exact) mass is 399 g/mol. The number of benzene rings is 3. The number of nitrogens with one attached hydrogen (secondary N) is 1. The van der Waals surface area contributed by atoms with Gasteiger partial charge in [0.1, 0.15) is 0 Å². The highest BCUT2D eigenvalue weighted by molar-refractivity contribution is 6.04. The normalized spacial score (nSPS) is 14.3. The molecule has 0 radical (unpaired) electrons. The van der Waals surface area contributed by atoms with Gasteiger partial charge >= 0.3 is 0 Å². The molecule has 1 fully saturated rings. The van der Waals surface area contributed by atoms with E-state index in [1.807, 2.05) is 89.8 Å². The molecule has 1 aliphatic rings. The Morgan fingerprint density at radius 1 is 0.700 bits per heavy atom. The summed E-state index contributed by atoms with van der Waals surface area (Å²) >= 11 is 0. The van der Waals surface area contributed by atoms with Crippen molar-refractivity contribution in [2.75, 3.05) is 31.5 Å². The number of para-hydroxylation sites is 1. The third-order valence-corrected chi connectivity index (χ3v) is 5.33. The SMILES string of the molecule is O=C(Nc1ccccc1)c1ccc(CN2CCN(C(=O)c3ccccc3)CC2)cc1. The quantitative estimate of drug-likeness (QED) is 0.708. The molecule has 0 saturated carbocycles. The molecule has 0 aliphatic carbocycles. The summed E-state index contributed by atoms with van der Waals surface area (Å²) in [7, 11) is 0. The van der Waals surface area contributed by atoms with Gasteiger partial charge in [0.2, 0.25) is 0 Å². The average Bonchev–Trinajstić information content (AvgIpc) is 2.81. The number of hydrogen-bond donors (Lipinski definition) is 1. The van der Waals surface area contributed by atoms with Crippen LogP contribution < -0.4 is 5.32 Å². The molecule has 30 heavy (non-hydrogen) atoms. The van der Waals surface area contributed by atoms with Gasteiger partial charge in [0.25, 0.3) is 11.8 Å². The number of amides is 2. The summed E-state index contributed by atoms with van der Waals surface area (Å²) in [5.41, 5.74) is 3.33. The van der Waals surface area contributed by atoms with Gasteiger partial charge in [-0.15, -0.1) is 0 Å². The maximum absolute atomic E-state index is 12.6. The Labute approximate surface area is 176 Å². The maximum atomic E-state index is 12.6. The van der Waals surface area contributed by atoms with Crippen LogP contribution in [-0.4, -0.2) is 47.8 Å². The van der Waals surface area contributed by atoms with E-state index in [-0.39, 0.29) is 11.8 Å². The van der Waals surface area contributed by atoms with Gasteiger partial charge in [-0.05, 0) is 42.0 Å². The summed E-state index contributed by atoms with van der Waals surface area (Å²) in [6, 6.07) is 26.6. The predicted octanol–water partition coefficient (Wildman–Crippen LogP) is 3.90. The van der Waals surface area contributed by atoms with Crippen molar-refractivity contribution in [3.05, 3.63) is 102 Å². The molecule has 0 unspecified atom stereocenters. The summed E-state index contributed by atoms with van der Waals surface area (Å²) in [5, 5.41) is 2.90. The smallest absolute Gasteiger partial charge is 0.255 e. The van der Waals surface area contributed by atoms with Crippen LogP contribution in [0.5, 0.6) is 0 Å². The van der Waals surface area contributed by atoms with E-state index in [1.54, 1.807) is 0 Å². The average molecular weight is 399 g/mol. The van der Waals surface area contributed by atoms with Gasteiger partial charge in [0.15, 0.2) is 0 Å². The van der Waals surface area contributed by atoms with Crippen molar-refractivity contribution in [1.29, 1.82) is 0 Å². The highest BCUT2D eigenvalue weighted by Gasteiger charge is 2.22. The highest BCUT2D eigenvalue weighted by atomic mass is 16.2. The number of carbonyl (C=O) groups excluding carboxylic acids is 2. The van der Waals surface area contributed by atoms with Crippen molar-refractivity contribution >= 4 is 17.5 Å². The Morgan fingerprint density at radius 2 is 1.30 bits per heavy atom. The summed E-state index contributed by atoms with van der Waals surface area (Å²) in [4.78, 5) is 29.2. The number of hydrogen-bond acceptors (Lipinski definition) is 3. The van der Waals surface area contributed by atoms with Gasteiger partial charge < -0.3 is 10.2 Å². The topological polar surface area (TPSA) is 52.7 Å². The van der Waals surface area contributed by atoms with E-state index in [0.717, 1.165) is 49.5 Å². The largest absolute Gasteiger partial charge is 0.336 e. The molecule has 5 nitrogen and oxygen atoms in total. The number of anilines is 1. The molecule has 4 rings (SSSR count). The highest BCUT2D eigenvalue weighted by Crippen LogP contribution is 2.14. The minimum Gasteiger partial charge on any atom is -0.336 e. The van der Waals surface area contributed by atoms with Crippen LogP contribution in [0.25, 0.3) is 0 Å². The van der Waals surface area contributed by atoms with Crippen LogP contribution in [0, 0.1) is 0 Å². The van der Waals surface area contributed by atoms with Gasteiger partial charge in [-0.25, -0.2) is 0 Å². The fourth-order valence-electron chi connectivity index (χ4n) is 3.62. The minimum absolute atomic E-state index is 0.101. The first-order valence-corrected chi connectivity index (χ1v) is 10.2. The first-order valence-electron chi connectivity index (χ1n) is 10.2. The Kier molecular flexibility index (Phi) is 6.20. The molecule has 3 aromatic rings. The van der Waals surface area contributed by atoms with E-state index in [4.69, 9.17) is 0 Å². The molecular weight excluding hydrogens is 374 g/mol. The van der Waals surface area contributed by atoms with Gasteiger partial charge in [-0.1, -0.05) is 48.5 Å². The van der Waals surface area contributed by atoms with Gasteiger partial charge in [-0.2, -0.15) is 0 Å². The van der Waals surface area contributed by atoms with E-state index in [1.165, 1.54) is 0 Å². The number of carbonyl (C=O) groups is 2. The van der Waals surface area contributed by atoms with Crippen LogP contribution in [-0.2, 0) is 6.54 Å². The van der Waals surface area contributed by atoms with Crippen molar-refractivity contribution < 1.29 is 9.59 Å². The van der Waals surface area contributed by atoms with Crippen molar-refractivity contribution in [2.24, 2.45) is 0 Å². The van der Waals surface area contributed by atoms with Crippen molar-refractivity contribution in [3.63, 3.8) is 0 Å². The van der Waals surface area contributed by atoms with Crippen LogP contribution in [0.4, 0.5) is 5.69 Å². The number of piperazine rings is 1. The molecule has 152 valence electrons. The van der Waals surface area contributed by atoms with Crippen LogP contribution in [0.2, 0.25) is 0 Å². The van der Waals surface area contributed by atoms with Crippen LogP contribution in [0.3, 0.4) is 0 Å². The molecule has 0 bridgehead atoms. The molecule has 2 amide bonds. The lowest BCUT2D eigenvalue weighted by Crippen LogP contribution is -2.48. The molecule has 3 aromatic carbocycles. The maximum Gasteiger partial charge on any atom is 0.255 e. The Morgan fingerprint density at radius 3 is 1.93 bits per heavy atom. The zero-order valence-electron chi connectivity index (χ0n) is 16.8. The van der Waals surface area contributed by atoms with Gasteiger partial charge in [0.05, 0.1) is 0 Å². The second-order valence-corrected chi connectivity index (χ2v) is 7.45. The molecule has 0 spiro atoms. The van der Waals surface area contributed by atoms with Crippen molar-refractivity contribution in [2.45, 2.75) is 6.54 Å². The summed E-state index contributed by atoms with van der Waals surface area (Å²) in [6.45, 7) is 3.95. The lowest BCUT2D eigenvalue weighted by Gasteiger charge is -2.34. The summed E-state index contributed by atoms with van der Waals surface area (Å²) < 4.78 is 0. The fraction of sp³-hybridized carbons (Fsp3) is 0.200. The predicted molar refractivity (Wildman–Crippen MR) is 118 cm³/mol. The van der Waals surface area contributed by atoms with E-state index >= 15 is 0 Å². The van der Waals surface area contributed by atoms with E-state index in [9.17, 15) is 9.59 Å². The lowest BCUT2D eigenvalue weighted by atomic mass is 10.1. The first kappa shape index (κ1) is 19.9. The fourth-order valence-corrected chi connectivity index (χ4v) is 3.62. The molecule has 0 atom stereocenters. The minimum atomic E-state index is -0.110. The lowest BCUT2D eigenvalue weighted by molar-refractivity contribution is 0.0628. The molecule has 1 saturated heterocycles. The van der Waals surface area contributed by atoms with Crippen molar-refractivity contribution in [3.8, 4) is 0 Å². The third-order valence-electron chi connectivity index (χ3n) is 5.33. The zero-order valence-corrected chi connectivity index (χ0v) is 16.8. The Balaban J connectivity index is 1.28. The first-order chi connectivity index (χ1) is 14.7. The van der Waals surface area contributed by atoms with Gasteiger partial charge in [0, 0.05) is 49.5 Å². The molecular formula is C25H25N3O2. The molecule has 1 N–H and O–H groups in total. The number of nitrogens with zero attached hydrogens (tertiary/aromatic N) is 2. The van der Waals surface area contributed by atoms with E-state index in [0.29, 0.717) is 5.56 Å². The van der Waals surface area contributed by atoms with E-state index < -0.39 is 0 Å². The number of rotatable bonds is 5. The summed E-state index contributed by atoms with van der Waals surface area (Å²) in [6.07, 6.45) is 0. The second kappa shape index (κ2) is 9.37. The zero-order chi connectivity index (χ0) is 20.8. The van der Waals surface area contributed by atoms with Crippen molar-refractivity contribution in [1.82, 2.24) is 9.80 Å². The molecule has 5 heteroatoms. The van der Waals surface area contributed by atoms with Crippen LogP contribution in [0.15, 0.2) is 84.9 Å².